The molecular formula is C30H30Cl2FN3O5. The van der Waals surface area contributed by atoms with Crippen LogP contribution in [0.2, 0.25) is 10.0 Å². The minimum Gasteiger partial charge on any atom is -0.508 e. The highest BCUT2D eigenvalue weighted by atomic mass is 35.5. The van der Waals surface area contributed by atoms with E-state index in [9.17, 15) is 29.0 Å². The molecule has 0 radical (unpaired) electrons. The molecule has 0 spiro atoms. The van der Waals surface area contributed by atoms with Crippen LogP contribution in [0.3, 0.4) is 0 Å². The molecule has 4 atom stereocenters. The number of nitrogens with one attached hydrogen (secondary N) is 2. The van der Waals surface area contributed by atoms with Crippen LogP contribution in [0.15, 0.2) is 66.7 Å². The monoisotopic (exact) mass is 601 g/mol. The van der Waals surface area contributed by atoms with E-state index in [1.807, 2.05) is 0 Å². The number of likely N-dealkylation sites (tertiary alicyclic amines) is 1. The summed E-state index contributed by atoms with van der Waals surface area (Å²) in [5, 5.41) is 27.2. The normalized spacial score (nSPS) is 18.0. The van der Waals surface area contributed by atoms with Gasteiger partial charge in [-0.25, -0.2) is 4.39 Å². The van der Waals surface area contributed by atoms with E-state index in [1.54, 1.807) is 55.5 Å². The number of hydrogen-bond acceptors (Lipinski definition) is 5. The molecule has 1 saturated heterocycles. The number of aliphatic hydroxyl groups is 1. The standard InChI is InChI=1S/C30H30Cl2FN3O5/c1-17-21(10-6-12-25(17)37)28(39)35-23(13-18-7-3-2-4-8-18)27(38)30(41)36-16-20(33)14-24(36)29(40)34-15-19-9-5-11-22(31)26(19)32/h2-12,20,23-24,27,37-38H,13-16H2,1H3,(H,34,40)(H,35,39). The number of carbonyl (C=O) groups excluding carboxylic acids is 3. The largest absolute Gasteiger partial charge is 0.508 e. The molecule has 8 nitrogen and oxygen atoms in total. The van der Waals surface area contributed by atoms with Crippen molar-refractivity contribution in [1.82, 2.24) is 15.5 Å². The lowest BCUT2D eigenvalue weighted by Gasteiger charge is -2.30. The molecular weight excluding hydrogens is 572 g/mol. The van der Waals surface area contributed by atoms with Crippen molar-refractivity contribution in [3.8, 4) is 5.75 Å². The highest BCUT2D eigenvalue weighted by Gasteiger charge is 2.43. The van der Waals surface area contributed by atoms with Crippen LogP contribution in [0, 0.1) is 6.92 Å². The Labute approximate surface area is 247 Å². The average Bonchev–Trinajstić information content (AvgIpc) is 3.36. The number of hydrogen-bond donors (Lipinski definition) is 4. The first kappa shape index (κ1) is 30.3. The second kappa shape index (κ2) is 13.3. The van der Waals surface area contributed by atoms with Crippen molar-refractivity contribution in [2.24, 2.45) is 0 Å². The first-order chi connectivity index (χ1) is 19.6. The van der Waals surface area contributed by atoms with E-state index in [2.05, 4.69) is 10.6 Å². The lowest BCUT2D eigenvalue weighted by molar-refractivity contribution is -0.146. The Hall–Kier alpha value is -3.66. The van der Waals surface area contributed by atoms with Gasteiger partial charge in [-0.3, -0.25) is 14.4 Å². The van der Waals surface area contributed by atoms with Crippen LogP contribution in [0.5, 0.6) is 5.75 Å². The molecule has 4 unspecified atom stereocenters. The second-order valence-electron chi connectivity index (χ2n) is 9.93. The van der Waals surface area contributed by atoms with Crippen molar-refractivity contribution in [1.29, 1.82) is 0 Å². The zero-order valence-corrected chi connectivity index (χ0v) is 23.7. The lowest BCUT2D eigenvalue weighted by atomic mass is 9.98. The van der Waals surface area contributed by atoms with Crippen LogP contribution in [0.25, 0.3) is 0 Å². The Morgan fingerprint density at radius 3 is 2.49 bits per heavy atom. The van der Waals surface area contributed by atoms with Crippen LogP contribution in [-0.2, 0) is 22.6 Å². The van der Waals surface area contributed by atoms with E-state index < -0.39 is 42.1 Å². The van der Waals surface area contributed by atoms with Gasteiger partial charge in [0.25, 0.3) is 11.8 Å². The number of carbonyl (C=O) groups is 3. The Balaban J connectivity index is 1.53. The zero-order valence-electron chi connectivity index (χ0n) is 22.2. The zero-order chi connectivity index (χ0) is 29.7. The number of aliphatic hydroxyl groups excluding tert-OH is 1. The van der Waals surface area contributed by atoms with Crippen LogP contribution in [-0.4, -0.2) is 63.7 Å². The van der Waals surface area contributed by atoms with Gasteiger partial charge in [-0.2, -0.15) is 0 Å². The number of nitrogens with zero attached hydrogens (tertiary/aromatic N) is 1. The van der Waals surface area contributed by atoms with Gasteiger partial charge in [0.05, 0.1) is 22.6 Å². The predicted molar refractivity (Wildman–Crippen MR) is 154 cm³/mol. The molecule has 41 heavy (non-hydrogen) atoms. The van der Waals surface area contributed by atoms with Gasteiger partial charge in [0.15, 0.2) is 6.10 Å². The van der Waals surface area contributed by atoms with Crippen LogP contribution in [0.1, 0.15) is 33.5 Å². The molecule has 0 saturated carbocycles. The van der Waals surface area contributed by atoms with E-state index in [0.717, 1.165) is 10.5 Å². The van der Waals surface area contributed by atoms with Crippen LogP contribution < -0.4 is 10.6 Å². The highest BCUT2D eigenvalue weighted by Crippen LogP contribution is 2.27. The van der Waals surface area contributed by atoms with Crippen molar-refractivity contribution in [3.05, 3.63) is 99.0 Å². The van der Waals surface area contributed by atoms with E-state index in [4.69, 9.17) is 23.2 Å². The summed E-state index contributed by atoms with van der Waals surface area (Å²) < 4.78 is 14.6. The lowest BCUT2D eigenvalue weighted by Crippen LogP contribution is -2.55. The van der Waals surface area contributed by atoms with Crippen LogP contribution >= 0.6 is 23.2 Å². The minimum absolute atomic E-state index is 0.00618. The van der Waals surface area contributed by atoms with Gasteiger partial charge in [-0.15, -0.1) is 0 Å². The summed E-state index contributed by atoms with van der Waals surface area (Å²) in [5.74, 6) is -2.18. The van der Waals surface area contributed by atoms with Gasteiger partial charge in [0.2, 0.25) is 5.91 Å². The summed E-state index contributed by atoms with van der Waals surface area (Å²) >= 11 is 12.2. The topological polar surface area (TPSA) is 119 Å². The molecule has 0 bridgehead atoms. The van der Waals surface area contributed by atoms with Crippen molar-refractivity contribution in [3.63, 3.8) is 0 Å². The van der Waals surface area contributed by atoms with Gasteiger partial charge < -0.3 is 25.7 Å². The summed E-state index contributed by atoms with van der Waals surface area (Å²) in [7, 11) is 0. The minimum atomic E-state index is -1.79. The third kappa shape index (κ3) is 7.16. The fourth-order valence-electron chi connectivity index (χ4n) is 4.83. The van der Waals surface area contributed by atoms with Gasteiger partial charge in [-0.05, 0) is 42.7 Å². The summed E-state index contributed by atoms with van der Waals surface area (Å²) in [6.07, 6.45) is -3.44. The summed E-state index contributed by atoms with van der Waals surface area (Å²) in [4.78, 5) is 40.8. The number of phenolic OH excluding ortho intramolecular Hbond substituents is 1. The van der Waals surface area contributed by atoms with Crippen molar-refractivity contribution >= 4 is 40.9 Å². The van der Waals surface area contributed by atoms with E-state index in [1.165, 1.54) is 18.2 Å². The van der Waals surface area contributed by atoms with Gasteiger partial charge in [-0.1, -0.05) is 71.7 Å². The number of alkyl halides is 1. The number of aromatic hydroxyl groups is 1. The maximum absolute atomic E-state index is 14.6. The number of halogens is 3. The first-order valence-electron chi connectivity index (χ1n) is 13.0. The molecule has 1 fully saturated rings. The molecule has 3 amide bonds. The fourth-order valence-corrected chi connectivity index (χ4v) is 5.22. The predicted octanol–water partition coefficient (Wildman–Crippen LogP) is 3.96. The Morgan fingerprint density at radius 1 is 1.05 bits per heavy atom. The SMILES string of the molecule is Cc1c(O)cccc1C(=O)NC(Cc1ccccc1)C(O)C(=O)N1CC(F)CC1C(=O)NCc1cccc(Cl)c1Cl. The van der Waals surface area contributed by atoms with Gasteiger partial charge in [0.1, 0.15) is 18.0 Å². The van der Waals surface area contributed by atoms with Crippen molar-refractivity contribution in [2.75, 3.05) is 6.54 Å². The Morgan fingerprint density at radius 2 is 1.76 bits per heavy atom. The summed E-state index contributed by atoms with van der Waals surface area (Å²) in [5.41, 5.74) is 1.79. The Kier molecular flexibility index (Phi) is 9.86. The molecule has 4 rings (SSSR count). The average molecular weight is 602 g/mol. The number of rotatable bonds is 9. The number of benzene rings is 3. The smallest absolute Gasteiger partial charge is 0.254 e. The van der Waals surface area contributed by atoms with Crippen LogP contribution in [0.4, 0.5) is 4.39 Å². The molecule has 1 aliphatic heterocycles. The van der Waals surface area contributed by atoms with E-state index >= 15 is 0 Å². The van der Waals surface area contributed by atoms with E-state index in [-0.39, 0.29) is 42.3 Å². The molecule has 216 valence electrons. The molecule has 0 aromatic heterocycles. The first-order valence-corrected chi connectivity index (χ1v) is 13.8. The third-order valence-electron chi connectivity index (χ3n) is 7.12. The number of amides is 3. The molecule has 1 aliphatic rings. The maximum atomic E-state index is 14.6. The Bertz CT molecular complexity index is 1420. The van der Waals surface area contributed by atoms with Crippen molar-refractivity contribution < 1.29 is 29.0 Å². The fraction of sp³-hybridized carbons (Fsp3) is 0.300. The molecule has 11 heteroatoms. The third-order valence-corrected chi connectivity index (χ3v) is 7.98. The van der Waals surface area contributed by atoms with Gasteiger partial charge in [0, 0.05) is 24.1 Å². The molecule has 4 N–H and O–H groups in total. The molecule has 0 aliphatic carbocycles. The van der Waals surface area contributed by atoms with Gasteiger partial charge >= 0.3 is 0 Å². The quantitative estimate of drug-likeness (QED) is 0.296. The number of phenols is 1. The highest BCUT2D eigenvalue weighted by molar-refractivity contribution is 6.42. The van der Waals surface area contributed by atoms with Crippen molar-refractivity contribution in [2.45, 2.75) is 50.7 Å². The molecule has 3 aromatic carbocycles. The molecule has 3 aromatic rings. The summed E-state index contributed by atoms with van der Waals surface area (Å²) in [6, 6.07) is 16.1. The summed E-state index contributed by atoms with van der Waals surface area (Å²) in [6.45, 7) is 1.19. The van der Waals surface area contributed by atoms with E-state index in [0.29, 0.717) is 16.1 Å². The second-order valence-corrected chi connectivity index (χ2v) is 10.7. The molecule has 1 heterocycles. The maximum Gasteiger partial charge on any atom is 0.254 e.